The van der Waals surface area contributed by atoms with E-state index in [0.29, 0.717) is 5.92 Å². The van der Waals surface area contributed by atoms with Crippen LogP contribution < -0.4 is 10.1 Å². The first-order valence-electron chi connectivity index (χ1n) is 8.58. The first kappa shape index (κ1) is 17.4. The molecule has 0 aliphatic rings. The van der Waals surface area contributed by atoms with E-state index >= 15 is 0 Å². The lowest BCUT2D eigenvalue weighted by atomic mass is 9.98. The van der Waals surface area contributed by atoms with E-state index in [1.54, 1.807) is 0 Å². The fourth-order valence-electron chi connectivity index (χ4n) is 2.59. The summed E-state index contributed by atoms with van der Waals surface area (Å²) in [5, 5.41) is 3.47. The van der Waals surface area contributed by atoms with Crippen LogP contribution in [0.1, 0.15) is 49.8 Å². The molecule has 0 fully saturated rings. The second kappa shape index (κ2) is 8.05. The summed E-state index contributed by atoms with van der Waals surface area (Å²) >= 11 is 0. The Labute approximate surface area is 140 Å². The van der Waals surface area contributed by atoms with Crippen LogP contribution in [0.15, 0.2) is 42.5 Å². The van der Waals surface area contributed by atoms with Gasteiger partial charge in [0.2, 0.25) is 0 Å². The van der Waals surface area contributed by atoms with Crippen molar-refractivity contribution in [2.45, 2.75) is 53.1 Å². The Hall–Kier alpha value is -1.96. The zero-order valence-corrected chi connectivity index (χ0v) is 15.0. The maximum atomic E-state index is 6.18. The average Bonchev–Trinajstić information content (AvgIpc) is 2.55. The minimum atomic E-state index is 0.113. The van der Waals surface area contributed by atoms with Gasteiger partial charge in [0, 0.05) is 5.69 Å². The van der Waals surface area contributed by atoms with Crippen LogP contribution in [0.4, 0.5) is 5.69 Å². The topological polar surface area (TPSA) is 21.3 Å². The van der Waals surface area contributed by atoms with Gasteiger partial charge in [-0.15, -0.1) is 0 Å². The van der Waals surface area contributed by atoms with Gasteiger partial charge >= 0.3 is 0 Å². The van der Waals surface area contributed by atoms with E-state index in [1.165, 1.54) is 16.7 Å². The van der Waals surface area contributed by atoms with E-state index in [9.17, 15) is 0 Å². The highest BCUT2D eigenvalue weighted by Gasteiger charge is 2.12. The van der Waals surface area contributed by atoms with Crippen molar-refractivity contribution in [3.05, 3.63) is 59.2 Å². The Bertz CT molecular complexity index is 635. The summed E-state index contributed by atoms with van der Waals surface area (Å²) in [4.78, 5) is 0. The molecular formula is C21H29NO. The third kappa shape index (κ3) is 4.75. The fourth-order valence-corrected chi connectivity index (χ4v) is 2.59. The molecule has 2 aromatic rings. The Balaban J connectivity index is 1.97. The van der Waals surface area contributed by atoms with Gasteiger partial charge in [-0.05, 0) is 68.0 Å². The average molecular weight is 311 g/mol. The minimum absolute atomic E-state index is 0.113. The number of rotatable bonds is 7. The van der Waals surface area contributed by atoms with Crippen LogP contribution in [0, 0.1) is 13.8 Å². The zero-order valence-electron chi connectivity index (χ0n) is 15.0. The quantitative estimate of drug-likeness (QED) is 0.708. The van der Waals surface area contributed by atoms with Gasteiger partial charge in [-0.2, -0.15) is 0 Å². The van der Waals surface area contributed by atoms with Gasteiger partial charge in [0.15, 0.2) is 0 Å². The fraction of sp³-hybridized carbons (Fsp3) is 0.429. The van der Waals surface area contributed by atoms with Crippen LogP contribution >= 0.6 is 0 Å². The number of hydrogen-bond donors (Lipinski definition) is 1. The normalized spacial score (nSPS) is 13.4. The van der Waals surface area contributed by atoms with Crippen LogP contribution in [0.25, 0.3) is 0 Å². The molecule has 0 saturated heterocycles. The molecule has 2 aromatic carbocycles. The molecule has 0 aliphatic carbocycles. The Morgan fingerprint density at radius 2 is 1.74 bits per heavy atom. The summed E-state index contributed by atoms with van der Waals surface area (Å²) in [7, 11) is 0. The predicted octanol–water partition coefficient (Wildman–Crippen LogP) is 5.70. The van der Waals surface area contributed by atoms with Gasteiger partial charge in [-0.1, -0.05) is 38.1 Å². The molecule has 0 amide bonds. The highest BCUT2D eigenvalue weighted by molar-refractivity contribution is 5.48. The second-order valence-corrected chi connectivity index (χ2v) is 6.46. The third-order valence-corrected chi connectivity index (χ3v) is 4.49. The maximum absolute atomic E-state index is 6.18. The lowest BCUT2D eigenvalue weighted by Gasteiger charge is -2.21. The van der Waals surface area contributed by atoms with E-state index < -0.39 is 0 Å². The molecular weight excluding hydrogens is 282 g/mol. The highest BCUT2D eigenvalue weighted by Crippen LogP contribution is 2.29. The van der Waals surface area contributed by atoms with Gasteiger partial charge in [0.1, 0.15) is 11.9 Å². The molecule has 2 nitrogen and oxygen atoms in total. The largest absolute Gasteiger partial charge is 0.489 e. The van der Waals surface area contributed by atoms with Gasteiger partial charge in [0.25, 0.3) is 0 Å². The minimum Gasteiger partial charge on any atom is -0.489 e. The van der Waals surface area contributed by atoms with E-state index in [4.69, 9.17) is 4.74 Å². The molecule has 0 aliphatic heterocycles. The summed E-state index contributed by atoms with van der Waals surface area (Å²) in [6.45, 7) is 11.6. The third-order valence-electron chi connectivity index (χ3n) is 4.49. The van der Waals surface area contributed by atoms with Crippen molar-refractivity contribution < 1.29 is 4.74 Å². The molecule has 2 heteroatoms. The summed E-state index contributed by atoms with van der Waals surface area (Å²) in [6.07, 6.45) is 1.23. The molecule has 0 spiro atoms. The monoisotopic (exact) mass is 311 g/mol. The highest BCUT2D eigenvalue weighted by atomic mass is 16.5. The maximum Gasteiger partial charge on any atom is 0.123 e. The van der Waals surface area contributed by atoms with Crippen LogP contribution in [0.3, 0.4) is 0 Å². The Kier molecular flexibility index (Phi) is 6.09. The Morgan fingerprint density at radius 1 is 1.00 bits per heavy atom. The number of benzene rings is 2. The molecule has 2 rings (SSSR count). The van der Waals surface area contributed by atoms with E-state index in [1.807, 2.05) is 6.07 Å². The predicted molar refractivity (Wildman–Crippen MR) is 99.6 cm³/mol. The molecule has 2 atom stereocenters. The molecule has 0 bridgehead atoms. The van der Waals surface area contributed by atoms with Crippen molar-refractivity contribution in [1.29, 1.82) is 0 Å². The lowest BCUT2D eigenvalue weighted by Crippen LogP contribution is -2.23. The summed E-state index contributed by atoms with van der Waals surface area (Å²) in [6, 6.07) is 14.9. The number of anilines is 1. The molecule has 0 saturated carbocycles. The number of nitrogens with one attached hydrogen (secondary N) is 1. The van der Waals surface area contributed by atoms with E-state index in [2.05, 4.69) is 76.3 Å². The van der Waals surface area contributed by atoms with Gasteiger partial charge in [-0.3, -0.25) is 0 Å². The zero-order chi connectivity index (χ0) is 16.8. The number of aryl methyl sites for hydroxylation is 2. The van der Waals surface area contributed by atoms with Crippen molar-refractivity contribution in [2.24, 2.45) is 0 Å². The Morgan fingerprint density at radius 3 is 2.43 bits per heavy atom. The van der Waals surface area contributed by atoms with Gasteiger partial charge in [0.05, 0.1) is 6.54 Å². The molecule has 0 heterocycles. The van der Waals surface area contributed by atoms with Gasteiger partial charge < -0.3 is 10.1 Å². The van der Waals surface area contributed by atoms with E-state index in [-0.39, 0.29) is 6.10 Å². The van der Waals surface area contributed by atoms with Crippen molar-refractivity contribution >= 4 is 5.69 Å². The number of para-hydroxylation sites is 1. The summed E-state index contributed by atoms with van der Waals surface area (Å²) < 4.78 is 6.18. The first-order valence-corrected chi connectivity index (χ1v) is 8.58. The van der Waals surface area contributed by atoms with Crippen molar-refractivity contribution in [2.75, 3.05) is 11.9 Å². The number of ether oxygens (including phenoxy) is 1. The molecule has 2 unspecified atom stereocenters. The van der Waals surface area contributed by atoms with Crippen LogP contribution in [-0.4, -0.2) is 12.6 Å². The molecule has 23 heavy (non-hydrogen) atoms. The number of hydrogen-bond acceptors (Lipinski definition) is 2. The van der Waals surface area contributed by atoms with Crippen molar-refractivity contribution in [3.8, 4) is 5.75 Å². The standard InChI is InChI=1S/C21H29NO/c1-6-15(2)20-9-7-8-10-21(20)23-18(5)14-22-19-12-11-16(3)17(4)13-19/h7-13,15,18,22H,6,14H2,1-5H3. The van der Waals surface area contributed by atoms with Crippen LogP contribution in [-0.2, 0) is 0 Å². The first-order chi connectivity index (χ1) is 11.0. The van der Waals surface area contributed by atoms with Crippen molar-refractivity contribution in [3.63, 3.8) is 0 Å². The smallest absolute Gasteiger partial charge is 0.123 e. The molecule has 0 aromatic heterocycles. The van der Waals surface area contributed by atoms with Crippen LogP contribution in [0.2, 0.25) is 0 Å². The van der Waals surface area contributed by atoms with Crippen LogP contribution in [0.5, 0.6) is 5.75 Å². The summed E-state index contributed by atoms with van der Waals surface area (Å²) in [5.41, 5.74) is 5.08. The SMILES string of the molecule is CCC(C)c1ccccc1OC(C)CNc1ccc(C)c(C)c1. The second-order valence-electron chi connectivity index (χ2n) is 6.46. The van der Waals surface area contributed by atoms with Crippen molar-refractivity contribution in [1.82, 2.24) is 0 Å². The van der Waals surface area contributed by atoms with Gasteiger partial charge in [-0.25, -0.2) is 0 Å². The lowest BCUT2D eigenvalue weighted by molar-refractivity contribution is 0.231. The molecule has 1 N–H and O–H groups in total. The summed E-state index contributed by atoms with van der Waals surface area (Å²) in [5.74, 6) is 1.53. The van der Waals surface area contributed by atoms with E-state index in [0.717, 1.165) is 24.4 Å². The molecule has 0 radical (unpaired) electrons. The molecule has 124 valence electrons.